The first-order valence-electron chi connectivity index (χ1n) is 4.82. The zero-order valence-electron chi connectivity index (χ0n) is 8.97. The van der Waals surface area contributed by atoms with Crippen LogP contribution in [0.25, 0.3) is 0 Å². The molecule has 0 bridgehead atoms. The van der Waals surface area contributed by atoms with Gasteiger partial charge in [-0.1, -0.05) is 0 Å². The lowest BCUT2D eigenvalue weighted by atomic mass is 10.3. The van der Waals surface area contributed by atoms with E-state index in [-0.39, 0.29) is 17.0 Å². The molecule has 0 saturated carbocycles. The first-order valence-corrected chi connectivity index (χ1v) is 4.82. The van der Waals surface area contributed by atoms with E-state index < -0.39 is 0 Å². The number of pyridine rings is 1. The summed E-state index contributed by atoms with van der Waals surface area (Å²) in [5.74, 6) is 0.820. The Balaban J connectivity index is 0.00000128. The molecule has 1 aromatic heterocycles. The molecule has 1 aromatic rings. The van der Waals surface area contributed by atoms with E-state index >= 15 is 0 Å². The third-order valence-electron chi connectivity index (χ3n) is 2.05. The first-order chi connectivity index (χ1) is 7.36. The van der Waals surface area contributed by atoms with Crippen LogP contribution >= 0.6 is 0 Å². The van der Waals surface area contributed by atoms with E-state index in [2.05, 4.69) is 20.4 Å². The highest BCUT2D eigenvalue weighted by atomic mass is 79.9. The minimum atomic E-state index is 0. The maximum Gasteiger partial charge on any atom is 0.214 e. The molecular weight excluding hydrogens is 270 g/mol. The van der Waals surface area contributed by atoms with Gasteiger partial charge >= 0.3 is 0 Å². The van der Waals surface area contributed by atoms with Gasteiger partial charge in [-0.05, 0) is 17.7 Å². The van der Waals surface area contributed by atoms with Gasteiger partial charge in [0.15, 0.2) is 0 Å². The molecule has 0 amide bonds. The molecule has 1 N–H and O–H groups in total. The fourth-order valence-corrected chi connectivity index (χ4v) is 1.26. The third-order valence-corrected chi connectivity index (χ3v) is 2.05. The zero-order valence-corrected chi connectivity index (χ0v) is 10.6. The highest BCUT2D eigenvalue weighted by molar-refractivity contribution is 5.84. The van der Waals surface area contributed by atoms with Crippen LogP contribution in [0.3, 0.4) is 0 Å². The van der Waals surface area contributed by atoms with Crippen molar-refractivity contribution < 1.29 is 17.0 Å². The average molecular weight is 283 g/mol. The van der Waals surface area contributed by atoms with Crippen LogP contribution in [0.5, 0.6) is 0 Å². The summed E-state index contributed by atoms with van der Waals surface area (Å²) in [6.07, 6.45) is 5.27. The third kappa shape index (κ3) is 3.30. The molecule has 6 heteroatoms. The van der Waals surface area contributed by atoms with Gasteiger partial charge in [0.1, 0.15) is 0 Å². The summed E-state index contributed by atoms with van der Waals surface area (Å²) >= 11 is 0. The smallest absolute Gasteiger partial charge is 0.214 e. The molecule has 0 saturated heterocycles. The van der Waals surface area contributed by atoms with Gasteiger partial charge in [-0.2, -0.15) is 5.10 Å². The van der Waals surface area contributed by atoms with E-state index in [0.29, 0.717) is 0 Å². The van der Waals surface area contributed by atoms with E-state index in [0.717, 1.165) is 24.6 Å². The van der Waals surface area contributed by atoms with Crippen molar-refractivity contribution in [1.29, 1.82) is 0 Å². The van der Waals surface area contributed by atoms with Crippen molar-refractivity contribution in [2.45, 2.75) is 0 Å². The summed E-state index contributed by atoms with van der Waals surface area (Å²) in [5, 5.41) is 9.14. The fraction of sp³-hybridized carbons (Fsp3) is 0.300. The van der Waals surface area contributed by atoms with Crippen molar-refractivity contribution >= 4 is 12.2 Å². The lowest BCUT2D eigenvalue weighted by Gasteiger charge is -2.11. The van der Waals surface area contributed by atoms with Gasteiger partial charge in [-0.3, -0.25) is 4.98 Å². The molecular formula is C10H13BrN5-. The topological polar surface area (TPSA) is 52.9 Å². The second-order valence-electron chi connectivity index (χ2n) is 3.18. The van der Waals surface area contributed by atoms with Gasteiger partial charge < -0.3 is 22.3 Å². The Kier molecular flexibility index (Phi) is 4.91. The lowest BCUT2D eigenvalue weighted by molar-refractivity contribution is -0.00000324. The molecule has 2 heterocycles. The van der Waals surface area contributed by atoms with Gasteiger partial charge in [0, 0.05) is 26.0 Å². The Labute approximate surface area is 105 Å². The monoisotopic (exact) mass is 282 g/mol. The highest BCUT2D eigenvalue weighted by Gasteiger charge is 2.07. The van der Waals surface area contributed by atoms with Crippen LogP contribution in [-0.2, 0) is 0 Å². The number of hydrogen-bond acceptors (Lipinski definition) is 5. The van der Waals surface area contributed by atoms with Crippen LogP contribution in [-0.4, -0.2) is 42.3 Å². The van der Waals surface area contributed by atoms with Gasteiger partial charge in [0.25, 0.3) is 0 Å². The number of aromatic nitrogens is 1. The van der Waals surface area contributed by atoms with Crippen molar-refractivity contribution in [3.8, 4) is 0 Å². The van der Waals surface area contributed by atoms with Gasteiger partial charge in [-0.15, -0.1) is 0 Å². The Morgan fingerprint density at radius 3 is 2.81 bits per heavy atom. The summed E-state index contributed by atoms with van der Waals surface area (Å²) < 4.78 is 0. The number of rotatable bonds is 2. The summed E-state index contributed by atoms with van der Waals surface area (Å²) in [7, 11) is 1.87. The second kappa shape index (κ2) is 6.22. The van der Waals surface area contributed by atoms with Crippen molar-refractivity contribution in [1.82, 2.24) is 15.3 Å². The van der Waals surface area contributed by atoms with E-state index in [9.17, 15) is 0 Å². The molecule has 0 spiro atoms. The Hall–Kier alpha value is -1.43. The standard InChI is InChI=1S/C10H13N5.BrH/c1-15(10-12-6-7-13-10)14-8-9-2-4-11-5-3-9;/h2-5,8H,6-7H2,1H3,(H,12,13);1H/p-1. The maximum absolute atomic E-state index is 4.26. The van der Waals surface area contributed by atoms with E-state index in [1.54, 1.807) is 23.6 Å². The normalized spacial score (nSPS) is 14.2. The van der Waals surface area contributed by atoms with E-state index in [4.69, 9.17) is 0 Å². The van der Waals surface area contributed by atoms with Crippen LogP contribution in [0.4, 0.5) is 0 Å². The number of nitrogens with zero attached hydrogens (tertiary/aromatic N) is 4. The Bertz CT molecular complexity index is 376. The van der Waals surface area contributed by atoms with Gasteiger partial charge in [0.05, 0.1) is 12.8 Å². The van der Waals surface area contributed by atoms with E-state index in [1.165, 1.54) is 0 Å². The van der Waals surface area contributed by atoms with Crippen molar-refractivity contribution in [3.05, 3.63) is 30.1 Å². The molecule has 86 valence electrons. The van der Waals surface area contributed by atoms with Crippen molar-refractivity contribution in [2.24, 2.45) is 10.1 Å². The molecule has 16 heavy (non-hydrogen) atoms. The second-order valence-corrected chi connectivity index (χ2v) is 3.18. The summed E-state index contributed by atoms with van der Waals surface area (Å²) in [6, 6.07) is 3.81. The van der Waals surface area contributed by atoms with Crippen molar-refractivity contribution in [3.63, 3.8) is 0 Å². The molecule has 1 aliphatic rings. The molecule has 0 radical (unpaired) electrons. The molecule has 0 fully saturated rings. The van der Waals surface area contributed by atoms with Crippen LogP contribution < -0.4 is 22.3 Å². The summed E-state index contributed by atoms with van der Waals surface area (Å²) in [4.78, 5) is 8.19. The fourth-order valence-electron chi connectivity index (χ4n) is 1.26. The number of guanidine groups is 1. The predicted molar refractivity (Wildman–Crippen MR) is 59.9 cm³/mol. The highest BCUT2D eigenvalue weighted by Crippen LogP contribution is 1.95. The van der Waals surface area contributed by atoms with Crippen LogP contribution in [0, 0.1) is 0 Å². The minimum Gasteiger partial charge on any atom is -1.00 e. The summed E-state index contributed by atoms with van der Waals surface area (Å²) in [5.41, 5.74) is 1.02. The Morgan fingerprint density at radius 1 is 1.44 bits per heavy atom. The SMILES string of the molecule is CN(N=Cc1ccncc1)C1=NCCN1.[Br-]. The number of nitrogens with one attached hydrogen (secondary N) is 1. The Morgan fingerprint density at radius 2 is 2.19 bits per heavy atom. The number of hydrazone groups is 1. The minimum absolute atomic E-state index is 0. The largest absolute Gasteiger partial charge is 1.00 e. The van der Waals surface area contributed by atoms with E-state index in [1.807, 2.05) is 19.2 Å². The molecule has 0 aromatic carbocycles. The predicted octanol–water partition coefficient (Wildman–Crippen LogP) is -2.69. The van der Waals surface area contributed by atoms with Gasteiger partial charge in [0.2, 0.25) is 5.96 Å². The molecule has 1 aliphatic heterocycles. The number of aliphatic imine (C=N–C) groups is 1. The van der Waals surface area contributed by atoms with Gasteiger partial charge in [-0.25, -0.2) is 10.0 Å². The summed E-state index contributed by atoms with van der Waals surface area (Å²) in [6.45, 7) is 1.72. The zero-order chi connectivity index (χ0) is 10.5. The first kappa shape index (κ1) is 12.6. The lowest BCUT2D eigenvalue weighted by Crippen LogP contribution is -3.00. The van der Waals surface area contributed by atoms with Crippen LogP contribution in [0.1, 0.15) is 5.56 Å². The van der Waals surface area contributed by atoms with Crippen molar-refractivity contribution in [2.75, 3.05) is 20.1 Å². The van der Waals surface area contributed by atoms with Crippen LogP contribution in [0.2, 0.25) is 0 Å². The molecule has 5 nitrogen and oxygen atoms in total. The number of hydrogen-bond donors (Lipinski definition) is 1. The maximum atomic E-state index is 4.26. The molecule has 0 atom stereocenters. The van der Waals surface area contributed by atoms with Crippen LogP contribution in [0.15, 0.2) is 34.6 Å². The molecule has 0 unspecified atom stereocenters. The molecule has 2 rings (SSSR count). The average Bonchev–Trinajstić information content (AvgIpc) is 2.81. The number of halogens is 1. The molecule has 0 aliphatic carbocycles. The quantitative estimate of drug-likeness (QED) is 0.475.